The Morgan fingerprint density at radius 1 is 1.14 bits per heavy atom. The Hall–Kier alpha value is -0.860. The largest absolute Gasteiger partial charge is 0.381 e. The Morgan fingerprint density at radius 3 is 2.91 bits per heavy atom. The first-order valence-electron chi connectivity index (χ1n) is 9.27. The van der Waals surface area contributed by atoms with E-state index in [1.165, 1.54) is 51.6 Å². The van der Waals surface area contributed by atoms with Crippen LogP contribution in [0, 0.1) is 11.8 Å². The van der Waals surface area contributed by atoms with Gasteiger partial charge in [-0.25, -0.2) is 0 Å². The van der Waals surface area contributed by atoms with E-state index in [4.69, 9.17) is 4.74 Å². The van der Waals surface area contributed by atoms with Gasteiger partial charge in [0, 0.05) is 23.9 Å². The van der Waals surface area contributed by atoms with Crippen molar-refractivity contribution in [1.82, 2.24) is 4.90 Å². The molecule has 2 aliphatic carbocycles. The molecular formula is C20H27NO. The average molecular weight is 297 g/mol. The quantitative estimate of drug-likeness (QED) is 0.829. The van der Waals surface area contributed by atoms with Crippen LogP contribution < -0.4 is 0 Å². The van der Waals surface area contributed by atoms with Crippen LogP contribution >= 0.6 is 0 Å². The van der Waals surface area contributed by atoms with Crippen molar-refractivity contribution >= 4 is 0 Å². The summed E-state index contributed by atoms with van der Waals surface area (Å²) in [5.74, 6) is 1.71. The lowest BCUT2D eigenvalue weighted by atomic mass is 9.52. The molecule has 22 heavy (non-hydrogen) atoms. The van der Waals surface area contributed by atoms with Crippen molar-refractivity contribution in [2.75, 3.05) is 26.3 Å². The maximum atomic E-state index is 5.42. The third kappa shape index (κ3) is 1.86. The molecule has 2 nitrogen and oxygen atoms in total. The average Bonchev–Trinajstić information content (AvgIpc) is 2.52. The Kier molecular flexibility index (Phi) is 3.13. The first-order valence-corrected chi connectivity index (χ1v) is 9.27. The van der Waals surface area contributed by atoms with Crippen molar-refractivity contribution in [1.29, 1.82) is 0 Å². The minimum absolute atomic E-state index is 0.518. The van der Waals surface area contributed by atoms with Crippen LogP contribution in [0.15, 0.2) is 24.3 Å². The third-order valence-electron chi connectivity index (χ3n) is 7.06. The third-order valence-corrected chi connectivity index (χ3v) is 7.06. The van der Waals surface area contributed by atoms with Crippen LogP contribution in [0.4, 0.5) is 0 Å². The Labute approximate surface area is 133 Å². The number of fused-ring (bicyclic) bond motifs is 1. The van der Waals surface area contributed by atoms with Gasteiger partial charge >= 0.3 is 0 Å². The molecule has 0 N–H and O–H groups in total. The number of ether oxygens (including phenoxy) is 1. The maximum absolute atomic E-state index is 5.42. The molecule has 1 aromatic carbocycles. The van der Waals surface area contributed by atoms with Crippen molar-refractivity contribution < 1.29 is 4.74 Å². The molecule has 1 saturated carbocycles. The minimum Gasteiger partial charge on any atom is -0.381 e. The van der Waals surface area contributed by atoms with Crippen LogP contribution in [0.2, 0.25) is 0 Å². The van der Waals surface area contributed by atoms with E-state index in [0.29, 0.717) is 5.41 Å². The number of rotatable bonds is 2. The fourth-order valence-corrected chi connectivity index (χ4v) is 6.00. The van der Waals surface area contributed by atoms with E-state index in [1.807, 2.05) is 0 Å². The Balaban J connectivity index is 1.52. The molecule has 2 saturated heterocycles. The molecule has 2 bridgehead atoms. The fourth-order valence-electron chi connectivity index (χ4n) is 6.00. The summed E-state index contributed by atoms with van der Waals surface area (Å²) in [7, 11) is 0. The topological polar surface area (TPSA) is 12.5 Å². The van der Waals surface area contributed by atoms with Gasteiger partial charge in [-0.1, -0.05) is 37.1 Å². The van der Waals surface area contributed by atoms with Crippen molar-refractivity contribution in [2.45, 2.75) is 50.0 Å². The lowest BCUT2D eigenvalue weighted by Gasteiger charge is -2.59. The van der Waals surface area contributed by atoms with Gasteiger partial charge in [0.25, 0.3) is 0 Å². The summed E-state index contributed by atoms with van der Waals surface area (Å²) in [6.07, 6.45) is 8.45. The molecule has 0 amide bonds. The molecule has 2 aliphatic heterocycles. The predicted octanol–water partition coefficient (Wildman–Crippen LogP) is 3.39. The molecule has 3 atom stereocenters. The summed E-state index contributed by atoms with van der Waals surface area (Å²) in [6, 6.07) is 10.2. The second-order valence-corrected chi connectivity index (χ2v) is 8.09. The monoisotopic (exact) mass is 297 g/mol. The summed E-state index contributed by atoms with van der Waals surface area (Å²) >= 11 is 0. The van der Waals surface area contributed by atoms with E-state index in [1.54, 1.807) is 11.1 Å². The van der Waals surface area contributed by atoms with Gasteiger partial charge in [0.05, 0.1) is 13.2 Å². The highest BCUT2D eigenvalue weighted by Crippen LogP contribution is 2.55. The number of piperidine rings is 1. The van der Waals surface area contributed by atoms with Crippen LogP contribution in [-0.4, -0.2) is 37.2 Å². The number of nitrogens with zero attached hydrogens (tertiary/aromatic N) is 1. The molecule has 3 fully saturated rings. The summed E-state index contributed by atoms with van der Waals surface area (Å²) in [6.45, 7) is 4.58. The molecule has 4 aliphatic rings. The SMILES string of the molecule is c1ccc2c(c1)C[C@@H]1[C@@H]3CCCC[C@]23CCN1CC1COC1. The van der Waals surface area contributed by atoms with E-state index in [0.717, 1.165) is 31.1 Å². The second kappa shape index (κ2) is 5.07. The number of likely N-dealkylation sites (tertiary alicyclic amines) is 1. The molecule has 5 rings (SSSR count). The van der Waals surface area contributed by atoms with Crippen molar-refractivity contribution in [3.05, 3.63) is 35.4 Å². The normalized spacial score (nSPS) is 38.0. The van der Waals surface area contributed by atoms with Crippen molar-refractivity contribution in [2.24, 2.45) is 11.8 Å². The van der Waals surface area contributed by atoms with Gasteiger partial charge in [-0.05, 0) is 49.3 Å². The molecule has 0 aromatic heterocycles. The zero-order valence-electron chi connectivity index (χ0n) is 13.5. The first-order chi connectivity index (χ1) is 10.9. The van der Waals surface area contributed by atoms with E-state index < -0.39 is 0 Å². The summed E-state index contributed by atoms with van der Waals surface area (Å²) < 4.78 is 5.42. The van der Waals surface area contributed by atoms with Crippen LogP contribution in [0.1, 0.15) is 43.2 Å². The molecule has 1 aromatic rings. The maximum Gasteiger partial charge on any atom is 0.0528 e. The smallest absolute Gasteiger partial charge is 0.0528 e. The molecule has 2 heterocycles. The van der Waals surface area contributed by atoms with E-state index in [9.17, 15) is 0 Å². The molecule has 118 valence electrons. The first kappa shape index (κ1) is 13.6. The van der Waals surface area contributed by atoms with Gasteiger partial charge in [-0.15, -0.1) is 0 Å². The standard InChI is InChI=1S/C20H27NO/c1-2-6-17-16(5-1)11-19-18-7-3-4-8-20(17,18)9-10-21(19)12-15-13-22-14-15/h1-2,5-6,15,18-19H,3-4,7-14H2/t18-,19+,20-/m0/s1. The zero-order chi connectivity index (χ0) is 14.6. The van der Waals surface area contributed by atoms with Gasteiger partial charge in [0.2, 0.25) is 0 Å². The zero-order valence-corrected chi connectivity index (χ0v) is 13.5. The fraction of sp³-hybridized carbons (Fsp3) is 0.700. The summed E-state index contributed by atoms with van der Waals surface area (Å²) in [4.78, 5) is 2.84. The molecule has 2 heteroatoms. The van der Waals surface area contributed by atoms with Crippen LogP contribution in [0.5, 0.6) is 0 Å². The second-order valence-electron chi connectivity index (χ2n) is 8.09. The lowest BCUT2D eigenvalue weighted by molar-refractivity contribution is -0.0773. The molecule has 0 radical (unpaired) electrons. The highest BCUT2D eigenvalue weighted by molar-refractivity contribution is 5.41. The van der Waals surface area contributed by atoms with Crippen LogP contribution in [-0.2, 0) is 16.6 Å². The van der Waals surface area contributed by atoms with E-state index in [2.05, 4.69) is 29.2 Å². The Bertz CT molecular complexity index is 567. The highest BCUT2D eigenvalue weighted by atomic mass is 16.5. The van der Waals surface area contributed by atoms with Gasteiger partial charge in [-0.2, -0.15) is 0 Å². The van der Waals surface area contributed by atoms with Gasteiger partial charge in [-0.3, -0.25) is 4.90 Å². The molecule has 0 spiro atoms. The van der Waals surface area contributed by atoms with Crippen LogP contribution in [0.25, 0.3) is 0 Å². The number of benzene rings is 1. The lowest BCUT2D eigenvalue weighted by Crippen LogP contribution is -2.62. The Morgan fingerprint density at radius 2 is 2.05 bits per heavy atom. The minimum atomic E-state index is 0.518. The van der Waals surface area contributed by atoms with E-state index in [-0.39, 0.29) is 0 Å². The van der Waals surface area contributed by atoms with Crippen LogP contribution in [0.3, 0.4) is 0 Å². The van der Waals surface area contributed by atoms with Gasteiger partial charge < -0.3 is 4.74 Å². The van der Waals surface area contributed by atoms with Crippen molar-refractivity contribution in [3.63, 3.8) is 0 Å². The predicted molar refractivity (Wildman–Crippen MR) is 88.1 cm³/mol. The van der Waals surface area contributed by atoms with Gasteiger partial charge in [0.1, 0.15) is 0 Å². The highest BCUT2D eigenvalue weighted by Gasteiger charge is 2.53. The van der Waals surface area contributed by atoms with E-state index >= 15 is 0 Å². The molecular weight excluding hydrogens is 270 g/mol. The van der Waals surface area contributed by atoms with Gasteiger partial charge in [0.15, 0.2) is 0 Å². The summed E-state index contributed by atoms with van der Waals surface area (Å²) in [5, 5.41) is 0. The number of hydrogen-bond acceptors (Lipinski definition) is 2. The number of hydrogen-bond donors (Lipinski definition) is 0. The van der Waals surface area contributed by atoms with Crippen molar-refractivity contribution in [3.8, 4) is 0 Å². The molecule has 0 unspecified atom stereocenters. The summed E-state index contributed by atoms with van der Waals surface area (Å²) in [5.41, 5.74) is 3.90.